The summed E-state index contributed by atoms with van der Waals surface area (Å²) in [5.74, 6) is -0.494. The molecule has 1 atom stereocenters. The first-order valence-electron chi connectivity index (χ1n) is 6.67. The van der Waals surface area contributed by atoms with Crippen molar-refractivity contribution in [2.24, 2.45) is 0 Å². The normalized spacial score (nSPS) is 18.7. The van der Waals surface area contributed by atoms with Crippen molar-refractivity contribution in [3.63, 3.8) is 0 Å². The van der Waals surface area contributed by atoms with Gasteiger partial charge in [0.05, 0.1) is 18.2 Å². The number of hydrogen-bond acceptors (Lipinski definition) is 3. The molecule has 2 heterocycles. The molecule has 1 aliphatic rings. The summed E-state index contributed by atoms with van der Waals surface area (Å²) < 4.78 is 13.1. The Labute approximate surface area is 115 Å². The number of carbonyl (C=O) groups is 1. The molecule has 1 aromatic heterocycles. The van der Waals surface area contributed by atoms with Crippen molar-refractivity contribution >= 4 is 16.8 Å². The van der Waals surface area contributed by atoms with Crippen LogP contribution in [0.5, 0.6) is 0 Å². The van der Waals surface area contributed by atoms with E-state index in [-0.39, 0.29) is 24.4 Å². The Morgan fingerprint density at radius 2 is 2.25 bits per heavy atom. The van der Waals surface area contributed by atoms with Crippen LogP contribution in [0.1, 0.15) is 23.3 Å². The molecular weight excluding hydrogens is 259 g/mol. The largest absolute Gasteiger partial charge is 0.394 e. The third-order valence-electron chi connectivity index (χ3n) is 3.72. The van der Waals surface area contributed by atoms with E-state index in [0.29, 0.717) is 23.1 Å². The van der Waals surface area contributed by atoms with E-state index in [1.807, 2.05) is 0 Å². The first-order valence-corrected chi connectivity index (χ1v) is 6.67. The number of nitrogens with zero attached hydrogens (tertiary/aromatic N) is 2. The average Bonchev–Trinajstić information content (AvgIpc) is 2.94. The molecule has 1 amide bonds. The second-order valence-corrected chi connectivity index (χ2v) is 5.01. The Morgan fingerprint density at radius 3 is 3.05 bits per heavy atom. The fourth-order valence-electron chi connectivity index (χ4n) is 2.66. The smallest absolute Gasteiger partial charge is 0.272 e. The molecule has 0 aliphatic carbocycles. The Kier molecular flexibility index (Phi) is 3.36. The summed E-state index contributed by atoms with van der Waals surface area (Å²) in [7, 11) is 0. The molecule has 0 saturated carbocycles. The average molecular weight is 274 g/mol. The number of aliphatic hydroxyl groups is 1. The van der Waals surface area contributed by atoms with Gasteiger partial charge in [-0.3, -0.25) is 4.79 Å². The number of aromatic nitrogens is 1. The van der Waals surface area contributed by atoms with Gasteiger partial charge in [-0.05, 0) is 37.1 Å². The molecule has 1 fully saturated rings. The van der Waals surface area contributed by atoms with Crippen molar-refractivity contribution in [2.45, 2.75) is 18.9 Å². The lowest BCUT2D eigenvalue weighted by Gasteiger charge is -2.22. The highest BCUT2D eigenvalue weighted by Gasteiger charge is 2.29. The van der Waals surface area contributed by atoms with E-state index in [4.69, 9.17) is 0 Å². The molecule has 104 valence electrons. The molecule has 2 aromatic rings. The lowest BCUT2D eigenvalue weighted by Crippen LogP contribution is -2.38. The van der Waals surface area contributed by atoms with Gasteiger partial charge in [0.2, 0.25) is 0 Å². The number of benzene rings is 1. The molecule has 1 saturated heterocycles. The van der Waals surface area contributed by atoms with E-state index < -0.39 is 0 Å². The molecule has 1 unspecified atom stereocenters. The summed E-state index contributed by atoms with van der Waals surface area (Å²) in [6.45, 7) is 0.623. The van der Waals surface area contributed by atoms with Crippen LogP contribution < -0.4 is 0 Å². The fraction of sp³-hybridized carbons (Fsp3) is 0.333. The molecule has 0 radical (unpaired) electrons. The topological polar surface area (TPSA) is 53.4 Å². The maximum atomic E-state index is 13.1. The fourth-order valence-corrected chi connectivity index (χ4v) is 2.66. The molecule has 4 nitrogen and oxygen atoms in total. The van der Waals surface area contributed by atoms with Crippen molar-refractivity contribution in [3.8, 4) is 0 Å². The van der Waals surface area contributed by atoms with Gasteiger partial charge < -0.3 is 10.0 Å². The molecule has 0 bridgehead atoms. The number of amides is 1. The van der Waals surface area contributed by atoms with E-state index in [1.54, 1.807) is 23.1 Å². The summed E-state index contributed by atoms with van der Waals surface area (Å²) in [5.41, 5.74) is 0.932. The van der Waals surface area contributed by atoms with Gasteiger partial charge in [0, 0.05) is 11.9 Å². The first-order chi connectivity index (χ1) is 9.69. The van der Waals surface area contributed by atoms with Crippen molar-refractivity contribution in [3.05, 3.63) is 41.8 Å². The highest BCUT2D eigenvalue weighted by molar-refractivity contribution is 5.95. The highest BCUT2D eigenvalue weighted by atomic mass is 19.1. The molecule has 1 aromatic carbocycles. The zero-order valence-corrected chi connectivity index (χ0v) is 10.9. The van der Waals surface area contributed by atoms with E-state index in [9.17, 15) is 14.3 Å². The van der Waals surface area contributed by atoms with Crippen LogP contribution in [0.2, 0.25) is 0 Å². The van der Waals surface area contributed by atoms with E-state index in [0.717, 1.165) is 12.8 Å². The van der Waals surface area contributed by atoms with E-state index >= 15 is 0 Å². The zero-order chi connectivity index (χ0) is 14.1. The third kappa shape index (κ3) is 2.25. The van der Waals surface area contributed by atoms with Crippen molar-refractivity contribution in [1.82, 2.24) is 9.88 Å². The lowest BCUT2D eigenvalue weighted by molar-refractivity contribution is 0.0672. The third-order valence-corrected chi connectivity index (χ3v) is 3.72. The number of aliphatic hydroxyl groups excluding tert-OH is 1. The molecule has 20 heavy (non-hydrogen) atoms. The lowest BCUT2D eigenvalue weighted by atomic mass is 10.2. The van der Waals surface area contributed by atoms with Gasteiger partial charge in [0.15, 0.2) is 0 Å². The van der Waals surface area contributed by atoms with Crippen LogP contribution in [0.15, 0.2) is 30.3 Å². The van der Waals surface area contributed by atoms with E-state index in [2.05, 4.69) is 4.98 Å². The maximum Gasteiger partial charge on any atom is 0.272 e. The Balaban J connectivity index is 1.93. The van der Waals surface area contributed by atoms with Crippen molar-refractivity contribution in [1.29, 1.82) is 0 Å². The quantitative estimate of drug-likeness (QED) is 0.911. The summed E-state index contributed by atoms with van der Waals surface area (Å²) >= 11 is 0. The zero-order valence-electron chi connectivity index (χ0n) is 10.9. The number of rotatable bonds is 2. The van der Waals surface area contributed by atoms with Crippen LogP contribution >= 0.6 is 0 Å². The van der Waals surface area contributed by atoms with Crippen LogP contribution in [0.4, 0.5) is 4.39 Å². The molecule has 1 N–H and O–H groups in total. The summed E-state index contributed by atoms with van der Waals surface area (Å²) in [6.07, 6.45) is 1.72. The minimum Gasteiger partial charge on any atom is -0.394 e. The second kappa shape index (κ2) is 5.17. The number of likely N-dealkylation sites (tertiary alicyclic amines) is 1. The number of halogens is 1. The van der Waals surface area contributed by atoms with Crippen LogP contribution in [0.25, 0.3) is 10.9 Å². The van der Waals surface area contributed by atoms with Gasteiger partial charge in [0.25, 0.3) is 5.91 Å². The van der Waals surface area contributed by atoms with Crippen LogP contribution in [0.3, 0.4) is 0 Å². The Morgan fingerprint density at radius 1 is 1.40 bits per heavy atom. The molecule has 3 rings (SSSR count). The van der Waals surface area contributed by atoms with Gasteiger partial charge in [-0.25, -0.2) is 9.37 Å². The van der Waals surface area contributed by atoms with Crippen LogP contribution in [-0.4, -0.2) is 40.1 Å². The monoisotopic (exact) mass is 274 g/mol. The van der Waals surface area contributed by atoms with Crippen molar-refractivity contribution in [2.75, 3.05) is 13.2 Å². The van der Waals surface area contributed by atoms with Crippen LogP contribution in [-0.2, 0) is 0 Å². The Bertz CT molecular complexity index is 659. The molecule has 1 aliphatic heterocycles. The van der Waals surface area contributed by atoms with Gasteiger partial charge in [0.1, 0.15) is 11.5 Å². The van der Waals surface area contributed by atoms with Crippen LogP contribution in [0, 0.1) is 5.82 Å². The molecule has 0 spiro atoms. The van der Waals surface area contributed by atoms with Gasteiger partial charge >= 0.3 is 0 Å². The Hall–Kier alpha value is -2.01. The molecule has 5 heteroatoms. The van der Waals surface area contributed by atoms with Gasteiger partial charge in [-0.15, -0.1) is 0 Å². The van der Waals surface area contributed by atoms with Crippen molar-refractivity contribution < 1.29 is 14.3 Å². The standard InChI is InChI=1S/C15H15FN2O2/c16-11-4-6-13-10(8-11)3-5-14(17-13)15(20)18-7-1-2-12(18)9-19/h3-6,8,12,19H,1-2,7,9H2. The SMILES string of the molecule is O=C(c1ccc2cc(F)ccc2n1)N1CCCC1CO. The number of hydrogen-bond donors (Lipinski definition) is 1. The molecular formula is C15H15FN2O2. The summed E-state index contributed by atoms with van der Waals surface area (Å²) in [4.78, 5) is 18.4. The van der Waals surface area contributed by atoms with Gasteiger partial charge in [-0.2, -0.15) is 0 Å². The summed E-state index contributed by atoms with van der Waals surface area (Å²) in [6, 6.07) is 7.47. The minimum atomic E-state index is -0.321. The number of pyridine rings is 1. The van der Waals surface area contributed by atoms with Gasteiger partial charge in [-0.1, -0.05) is 6.07 Å². The highest BCUT2D eigenvalue weighted by Crippen LogP contribution is 2.20. The van der Waals surface area contributed by atoms with E-state index in [1.165, 1.54) is 12.1 Å². The summed E-state index contributed by atoms with van der Waals surface area (Å²) in [5, 5.41) is 9.95. The maximum absolute atomic E-state index is 13.1. The second-order valence-electron chi connectivity index (χ2n) is 5.01. The number of fused-ring (bicyclic) bond motifs is 1. The minimum absolute atomic E-state index is 0.0233. The predicted molar refractivity (Wildman–Crippen MR) is 72.8 cm³/mol. The predicted octanol–water partition coefficient (Wildman–Crippen LogP) is 1.97. The first kappa shape index (κ1) is 13.0. The number of carbonyl (C=O) groups excluding carboxylic acids is 1.